The maximum absolute atomic E-state index is 13.2. The summed E-state index contributed by atoms with van der Waals surface area (Å²) in [6.45, 7) is 5.58. The summed E-state index contributed by atoms with van der Waals surface area (Å²) < 4.78 is 49.9. The molecular weight excluding hydrogens is 311 g/mol. The van der Waals surface area contributed by atoms with E-state index in [0.717, 1.165) is 6.07 Å². The Morgan fingerprint density at radius 3 is 2.30 bits per heavy atom. The maximum atomic E-state index is 13.2. The van der Waals surface area contributed by atoms with Crippen LogP contribution in [0.5, 0.6) is 5.75 Å². The molecule has 1 fully saturated rings. The Kier molecular flexibility index (Phi) is 4.50. The van der Waals surface area contributed by atoms with Crippen molar-refractivity contribution in [3.05, 3.63) is 29.3 Å². The Balaban J connectivity index is 2.18. The third-order valence-corrected chi connectivity index (χ3v) is 3.53. The van der Waals surface area contributed by atoms with Crippen LogP contribution < -0.4 is 4.74 Å². The van der Waals surface area contributed by atoms with E-state index in [1.165, 1.54) is 24.1 Å². The first-order chi connectivity index (χ1) is 10.5. The van der Waals surface area contributed by atoms with E-state index in [9.17, 15) is 18.0 Å². The third-order valence-electron chi connectivity index (χ3n) is 3.53. The first-order valence-electron chi connectivity index (χ1n) is 7.25. The lowest BCUT2D eigenvalue weighted by Gasteiger charge is -2.41. The zero-order valence-corrected chi connectivity index (χ0v) is 13.5. The van der Waals surface area contributed by atoms with Gasteiger partial charge in [-0.25, -0.2) is 4.79 Å². The fourth-order valence-corrected chi connectivity index (χ4v) is 2.53. The highest BCUT2D eigenvalue weighted by Crippen LogP contribution is 2.43. The van der Waals surface area contributed by atoms with Gasteiger partial charge in [0.2, 0.25) is 0 Å². The molecule has 0 aromatic heterocycles. The second kappa shape index (κ2) is 5.94. The summed E-state index contributed by atoms with van der Waals surface area (Å²) in [5, 5.41) is 0. The Bertz CT molecular complexity index is 587. The first kappa shape index (κ1) is 17.4. The molecule has 0 radical (unpaired) electrons. The number of hydrogen-bond acceptors (Lipinski definition) is 3. The molecule has 0 aliphatic carbocycles. The molecule has 1 aliphatic rings. The molecule has 1 aromatic rings. The summed E-state index contributed by atoms with van der Waals surface area (Å²) in [6, 6.07) is 3.85. The van der Waals surface area contributed by atoms with Crippen LogP contribution in [-0.2, 0) is 10.9 Å². The average Bonchev–Trinajstić information content (AvgIpc) is 2.33. The second-order valence-electron chi connectivity index (χ2n) is 6.50. The van der Waals surface area contributed by atoms with Crippen LogP contribution in [0, 0.1) is 0 Å². The quantitative estimate of drug-likeness (QED) is 0.821. The van der Waals surface area contributed by atoms with Crippen LogP contribution in [0.3, 0.4) is 0 Å². The molecule has 0 N–H and O–H groups in total. The van der Waals surface area contributed by atoms with E-state index in [2.05, 4.69) is 0 Å². The largest absolute Gasteiger partial charge is 0.496 e. The standard InChI is InChI=1S/C16H20F3NO3/c1-15(2,3)23-14(21)20-8-10(9-20)13-11(16(17,18)19)6-5-7-12(13)22-4/h5-7,10H,8-9H2,1-4H3. The van der Waals surface area contributed by atoms with E-state index in [1.807, 2.05) is 0 Å². The summed E-state index contributed by atoms with van der Waals surface area (Å²) in [6.07, 6.45) is -4.98. The SMILES string of the molecule is COc1cccc(C(F)(F)F)c1C1CN(C(=O)OC(C)(C)C)C1. The van der Waals surface area contributed by atoms with Gasteiger partial charge in [0.05, 0.1) is 12.7 Å². The number of benzene rings is 1. The topological polar surface area (TPSA) is 38.8 Å². The lowest BCUT2D eigenvalue weighted by atomic mass is 9.87. The van der Waals surface area contributed by atoms with Crippen molar-refractivity contribution in [3.63, 3.8) is 0 Å². The minimum atomic E-state index is -4.46. The molecule has 0 unspecified atom stereocenters. The number of halogens is 3. The van der Waals surface area contributed by atoms with E-state index in [1.54, 1.807) is 20.8 Å². The molecule has 1 aromatic carbocycles. The van der Waals surface area contributed by atoms with Gasteiger partial charge in [0.25, 0.3) is 0 Å². The number of hydrogen-bond donors (Lipinski definition) is 0. The highest BCUT2D eigenvalue weighted by atomic mass is 19.4. The lowest BCUT2D eigenvalue weighted by Crippen LogP contribution is -2.50. The van der Waals surface area contributed by atoms with Crippen molar-refractivity contribution in [3.8, 4) is 5.75 Å². The number of alkyl halides is 3. The van der Waals surface area contributed by atoms with E-state index in [-0.39, 0.29) is 24.4 Å². The maximum Gasteiger partial charge on any atom is 0.416 e. The van der Waals surface area contributed by atoms with Crippen LogP contribution in [0.2, 0.25) is 0 Å². The van der Waals surface area contributed by atoms with E-state index in [0.29, 0.717) is 0 Å². The highest BCUT2D eigenvalue weighted by Gasteiger charge is 2.42. The average molecular weight is 331 g/mol. The Morgan fingerprint density at radius 2 is 1.83 bits per heavy atom. The van der Waals surface area contributed by atoms with Gasteiger partial charge in [-0.05, 0) is 32.9 Å². The Labute approximate surface area is 133 Å². The number of carbonyl (C=O) groups is 1. The lowest BCUT2D eigenvalue weighted by molar-refractivity contribution is -0.138. The van der Waals surface area contributed by atoms with Crippen molar-refractivity contribution in [2.45, 2.75) is 38.5 Å². The number of rotatable bonds is 2. The summed E-state index contributed by atoms with van der Waals surface area (Å²) in [7, 11) is 1.34. The van der Waals surface area contributed by atoms with Crippen molar-refractivity contribution < 1.29 is 27.4 Å². The second-order valence-corrected chi connectivity index (χ2v) is 6.50. The summed E-state index contributed by atoms with van der Waals surface area (Å²) in [5.41, 5.74) is -1.25. The molecule has 23 heavy (non-hydrogen) atoms. The minimum absolute atomic E-state index is 0.0994. The van der Waals surface area contributed by atoms with Crippen molar-refractivity contribution in [1.82, 2.24) is 4.90 Å². The predicted molar refractivity (Wildman–Crippen MR) is 78.5 cm³/mol. The van der Waals surface area contributed by atoms with Crippen molar-refractivity contribution >= 4 is 6.09 Å². The molecular formula is C16H20F3NO3. The zero-order chi connectivity index (χ0) is 17.4. The fraction of sp³-hybridized carbons (Fsp3) is 0.562. The molecule has 0 spiro atoms. The minimum Gasteiger partial charge on any atom is -0.496 e. The van der Waals surface area contributed by atoms with Crippen LogP contribution >= 0.6 is 0 Å². The van der Waals surface area contributed by atoms with E-state index < -0.39 is 29.4 Å². The van der Waals surface area contributed by atoms with Gasteiger partial charge in [-0.3, -0.25) is 0 Å². The number of methoxy groups -OCH3 is 1. The molecule has 0 atom stereocenters. The third kappa shape index (κ3) is 3.89. The first-order valence-corrected chi connectivity index (χ1v) is 7.25. The Hall–Kier alpha value is -1.92. The number of carbonyl (C=O) groups excluding carboxylic acids is 1. The van der Waals surface area contributed by atoms with Gasteiger partial charge >= 0.3 is 12.3 Å². The molecule has 1 aliphatic heterocycles. The van der Waals surface area contributed by atoms with Gasteiger partial charge in [0.1, 0.15) is 11.4 Å². The molecule has 0 bridgehead atoms. The normalized spacial score (nSPS) is 16.0. The number of nitrogens with zero attached hydrogens (tertiary/aromatic N) is 1. The van der Waals surface area contributed by atoms with Gasteiger partial charge in [-0.1, -0.05) is 6.07 Å². The van der Waals surface area contributed by atoms with Crippen molar-refractivity contribution in [2.75, 3.05) is 20.2 Å². The number of likely N-dealkylation sites (tertiary alicyclic amines) is 1. The van der Waals surface area contributed by atoms with Crippen LogP contribution in [0.25, 0.3) is 0 Å². The summed E-state index contributed by atoms with van der Waals surface area (Å²) >= 11 is 0. The van der Waals surface area contributed by atoms with Crippen LogP contribution in [0.1, 0.15) is 37.8 Å². The summed E-state index contributed by atoms with van der Waals surface area (Å²) in [5.74, 6) is -0.232. The molecule has 2 rings (SSSR count). The van der Waals surface area contributed by atoms with Gasteiger partial charge in [-0.2, -0.15) is 13.2 Å². The molecule has 4 nitrogen and oxygen atoms in total. The number of ether oxygens (including phenoxy) is 2. The predicted octanol–water partition coefficient (Wildman–Crippen LogP) is 4.05. The van der Waals surface area contributed by atoms with Crippen LogP contribution in [0.15, 0.2) is 18.2 Å². The summed E-state index contributed by atoms with van der Waals surface area (Å²) in [4.78, 5) is 13.3. The van der Waals surface area contributed by atoms with Gasteiger partial charge in [0.15, 0.2) is 0 Å². The van der Waals surface area contributed by atoms with Gasteiger partial charge in [0, 0.05) is 24.6 Å². The fourth-order valence-electron chi connectivity index (χ4n) is 2.53. The van der Waals surface area contributed by atoms with Gasteiger partial charge < -0.3 is 14.4 Å². The molecule has 0 saturated carbocycles. The Morgan fingerprint density at radius 1 is 1.22 bits per heavy atom. The molecule has 1 amide bonds. The monoisotopic (exact) mass is 331 g/mol. The van der Waals surface area contributed by atoms with Crippen molar-refractivity contribution in [1.29, 1.82) is 0 Å². The molecule has 7 heteroatoms. The van der Waals surface area contributed by atoms with E-state index in [4.69, 9.17) is 9.47 Å². The molecule has 1 saturated heterocycles. The smallest absolute Gasteiger partial charge is 0.416 e. The molecule has 1 heterocycles. The number of amides is 1. The highest BCUT2D eigenvalue weighted by molar-refractivity contribution is 5.70. The van der Waals surface area contributed by atoms with Crippen LogP contribution in [0.4, 0.5) is 18.0 Å². The van der Waals surface area contributed by atoms with Crippen LogP contribution in [-0.4, -0.2) is 36.8 Å². The molecule has 128 valence electrons. The van der Waals surface area contributed by atoms with E-state index >= 15 is 0 Å². The van der Waals surface area contributed by atoms with Crippen molar-refractivity contribution in [2.24, 2.45) is 0 Å². The van der Waals surface area contributed by atoms with Gasteiger partial charge in [-0.15, -0.1) is 0 Å². The zero-order valence-electron chi connectivity index (χ0n) is 13.5.